The van der Waals surface area contributed by atoms with E-state index >= 15 is 0 Å². The molecule has 2 heterocycles. The van der Waals surface area contributed by atoms with Gasteiger partial charge in [-0.15, -0.1) is 11.3 Å². The Morgan fingerprint density at radius 1 is 1.12 bits per heavy atom. The minimum Gasteiger partial charge on any atom is -0.497 e. The van der Waals surface area contributed by atoms with Gasteiger partial charge >= 0.3 is 0 Å². The number of carbonyl (C=O) groups is 2. The zero-order valence-electron chi connectivity index (χ0n) is 18.2. The summed E-state index contributed by atoms with van der Waals surface area (Å²) in [6.07, 6.45) is 0. The summed E-state index contributed by atoms with van der Waals surface area (Å²) in [6.45, 7) is 2.16. The van der Waals surface area contributed by atoms with Crippen LogP contribution in [-0.2, 0) is 17.1 Å². The quantitative estimate of drug-likeness (QED) is 0.341. The van der Waals surface area contributed by atoms with E-state index in [0.29, 0.717) is 17.9 Å². The van der Waals surface area contributed by atoms with Gasteiger partial charge in [-0.05, 0) is 30.7 Å². The van der Waals surface area contributed by atoms with Crippen LogP contribution in [0.1, 0.15) is 27.4 Å². The number of amides is 2. The third-order valence-electron chi connectivity index (χ3n) is 4.90. The second-order valence-electron chi connectivity index (χ2n) is 7.26. The summed E-state index contributed by atoms with van der Waals surface area (Å²) in [5, 5.41) is 8.34. The Balaban J connectivity index is 1.38. The summed E-state index contributed by atoms with van der Waals surface area (Å²) in [6, 6.07) is 14.9. The van der Waals surface area contributed by atoms with Gasteiger partial charge in [0.25, 0.3) is 5.91 Å². The molecule has 4 aromatic rings. The first-order valence-corrected chi connectivity index (χ1v) is 12.1. The number of nitrogens with one attached hydrogen (secondary N) is 2. The summed E-state index contributed by atoms with van der Waals surface area (Å²) in [7, 11) is 1.60. The van der Waals surface area contributed by atoms with E-state index in [1.165, 1.54) is 0 Å². The zero-order chi connectivity index (χ0) is 23.2. The van der Waals surface area contributed by atoms with Crippen LogP contribution in [-0.4, -0.2) is 30.5 Å². The van der Waals surface area contributed by atoms with Gasteiger partial charge in [0.15, 0.2) is 5.76 Å². The highest BCUT2D eigenvalue weighted by atomic mass is 32.2. The molecule has 0 saturated heterocycles. The van der Waals surface area contributed by atoms with Gasteiger partial charge in [-0.1, -0.05) is 42.1 Å². The molecule has 0 aliphatic heterocycles. The molecule has 0 unspecified atom stereocenters. The second-order valence-corrected chi connectivity index (χ2v) is 9.34. The van der Waals surface area contributed by atoms with Crippen molar-refractivity contribution < 1.29 is 18.7 Å². The van der Waals surface area contributed by atoms with Gasteiger partial charge < -0.3 is 19.8 Å². The fraction of sp³-hybridized carbons (Fsp3) is 0.208. The van der Waals surface area contributed by atoms with Crippen molar-refractivity contribution in [2.75, 3.05) is 13.7 Å². The highest BCUT2D eigenvalue weighted by Gasteiger charge is 2.21. The SMILES string of the molecule is COc1ccc(CNC(=O)CNC(=O)c2oc3ccccc3c2CSc2nc(C)cs2)cc1. The molecule has 0 saturated carbocycles. The van der Waals surface area contributed by atoms with E-state index in [0.717, 1.165) is 32.3 Å². The van der Waals surface area contributed by atoms with Crippen LogP contribution in [0.3, 0.4) is 0 Å². The Morgan fingerprint density at radius 3 is 2.64 bits per heavy atom. The zero-order valence-corrected chi connectivity index (χ0v) is 19.8. The molecule has 2 aromatic heterocycles. The number of methoxy groups -OCH3 is 1. The van der Waals surface area contributed by atoms with Crippen molar-refractivity contribution in [2.45, 2.75) is 23.6 Å². The van der Waals surface area contributed by atoms with E-state index < -0.39 is 5.91 Å². The number of thiazole rings is 1. The van der Waals surface area contributed by atoms with Crippen LogP contribution in [0.25, 0.3) is 11.0 Å². The maximum absolute atomic E-state index is 12.9. The standard InChI is InChI=1S/C24H23N3O4S2/c1-15-13-32-24(27-15)33-14-19-18-5-3-4-6-20(18)31-22(19)23(29)26-12-21(28)25-11-16-7-9-17(30-2)10-8-16/h3-10,13H,11-12,14H2,1-2H3,(H,25,28)(H,26,29). The van der Waals surface area contributed by atoms with Crippen LogP contribution >= 0.6 is 23.1 Å². The molecule has 2 aromatic carbocycles. The molecule has 170 valence electrons. The Bertz CT molecular complexity index is 1260. The van der Waals surface area contributed by atoms with Gasteiger partial charge in [-0.25, -0.2) is 4.98 Å². The van der Waals surface area contributed by atoms with Crippen molar-refractivity contribution in [2.24, 2.45) is 0 Å². The molecule has 0 aliphatic rings. The molecular weight excluding hydrogens is 458 g/mol. The van der Waals surface area contributed by atoms with Gasteiger partial charge in [-0.3, -0.25) is 9.59 Å². The van der Waals surface area contributed by atoms with Crippen LogP contribution in [0.15, 0.2) is 62.7 Å². The lowest BCUT2D eigenvalue weighted by atomic mass is 10.1. The molecule has 0 bridgehead atoms. The normalized spacial score (nSPS) is 10.8. The number of hydrogen-bond donors (Lipinski definition) is 2. The van der Waals surface area contributed by atoms with E-state index in [1.54, 1.807) is 30.2 Å². The lowest BCUT2D eigenvalue weighted by Crippen LogP contribution is -2.36. The topological polar surface area (TPSA) is 93.5 Å². The average Bonchev–Trinajstić information content (AvgIpc) is 3.43. The average molecular weight is 482 g/mol. The van der Waals surface area contributed by atoms with Crippen LogP contribution in [0.4, 0.5) is 0 Å². The molecule has 9 heteroatoms. The number of ether oxygens (including phenoxy) is 1. The maximum Gasteiger partial charge on any atom is 0.287 e. The molecule has 0 atom stereocenters. The summed E-state index contributed by atoms with van der Waals surface area (Å²) < 4.78 is 11.9. The first-order chi connectivity index (χ1) is 16.0. The first-order valence-electron chi connectivity index (χ1n) is 10.3. The molecule has 2 amide bonds. The number of furan rings is 1. The Labute approximate surface area is 199 Å². The highest BCUT2D eigenvalue weighted by Crippen LogP contribution is 2.33. The first kappa shape index (κ1) is 22.9. The summed E-state index contributed by atoms with van der Waals surface area (Å²) in [4.78, 5) is 29.6. The lowest BCUT2D eigenvalue weighted by molar-refractivity contribution is -0.120. The predicted molar refractivity (Wildman–Crippen MR) is 130 cm³/mol. The number of thioether (sulfide) groups is 1. The van der Waals surface area contributed by atoms with Crippen molar-refractivity contribution in [3.05, 3.63) is 76.5 Å². The number of aromatic nitrogens is 1. The van der Waals surface area contributed by atoms with E-state index in [9.17, 15) is 9.59 Å². The maximum atomic E-state index is 12.9. The van der Waals surface area contributed by atoms with Crippen molar-refractivity contribution in [3.63, 3.8) is 0 Å². The van der Waals surface area contributed by atoms with E-state index in [4.69, 9.17) is 9.15 Å². The van der Waals surface area contributed by atoms with Crippen LogP contribution in [0.5, 0.6) is 5.75 Å². The Kier molecular flexibility index (Phi) is 7.31. The van der Waals surface area contributed by atoms with E-state index in [-0.39, 0.29) is 18.2 Å². The molecule has 0 radical (unpaired) electrons. The predicted octanol–water partition coefficient (Wildman–Crippen LogP) is 4.54. The number of rotatable bonds is 9. The number of carbonyl (C=O) groups excluding carboxylic acids is 2. The minimum atomic E-state index is -0.420. The molecule has 4 rings (SSSR count). The summed E-state index contributed by atoms with van der Waals surface area (Å²) in [5.74, 6) is 0.805. The lowest BCUT2D eigenvalue weighted by Gasteiger charge is -2.08. The molecule has 0 fully saturated rings. The van der Waals surface area contributed by atoms with Gasteiger partial charge in [0.1, 0.15) is 15.7 Å². The number of benzene rings is 2. The van der Waals surface area contributed by atoms with Crippen LogP contribution < -0.4 is 15.4 Å². The smallest absolute Gasteiger partial charge is 0.287 e. The van der Waals surface area contributed by atoms with Crippen molar-refractivity contribution >= 4 is 45.9 Å². The Morgan fingerprint density at radius 2 is 1.91 bits per heavy atom. The minimum absolute atomic E-state index is 0.149. The highest BCUT2D eigenvalue weighted by molar-refractivity contribution is 8.00. The van der Waals surface area contributed by atoms with Crippen molar-refractivity contribution in [1.82, 2.24) is 15.6 Å². The third kappa shape index (κ3) is 5.74. The number of aryl methyl sites for hydroxylation is 1. The van der Waals surface area contributed by atoms with Gasteiger partial charge in [-0.2, -0.15) is 0 Å². The summed E-state index contributed by atoms with van der Waals surface area (Å²) in [5.41, 5.74) is 3.33. The molecular formula is C24H23N3O4S2. The fourth-order valence-electron chi connectivity index (χ4n) is 3.21. The van der Waals surface area contributed by atoms with Crippen molar-refractivity contribution in [3.8, 4) is 5.75 Å². The number of nitrogens with zero attached hydrogens (tertiary/aromatic N) is 1. The number of para-hydroxylation sites is 1. The molecule has 0 aliphatic carbocycles. The largest absolute Gasteiger partial charge is 0.497 e. The Hall–Kier alpha value is -3.30. The van der Waals surface area contributed by atoms with Gasteiger partial charge in [0.2, 0.25) is 5.91 Å². The van der Waals surface area contributed by atoms with Gasteiger partial charge in [0, 0.05) is 34.3 Å². The molecule has 2 N–H and O–H groups in total. The molecule has 33 heavy (non-hydrogen) atoms. The molecule has 7 nitrogen and oxygen atoms in total. The third-order valence-corrected chi connectivity index (χ3v) is 7.07. The fourth-order valence-corrected chi connectivity index (χ4v) is 5.08. The van der Waals surface area contributed by atoms with E-state index in [1.807, 2.05) is 60.8 Å². The number of fused-ring (bicyclic) bond motifs is 1. The monoisotopic (exact) mass is 481 g/mol. The van der Waals surface area contributed by atoms with Crippen molar-refractivity contribution in [1.29, 1.82) is 0 Å². The number of hydrogen-bond acceptors (Lipinski definition) is 7. The second kappa shape index (κ2) is 10.5. The van der Waals surface area contributed by atoms with Crippen LogP contribution in [0, 0.1) is 6.92 Å². The van der Waals surface area contributed by atoms with E-state index in [2.05, 4.69) is 15.6 Å². The summed E-state index contributed by atoms with van der Waals surface area (Å²) >= 11 is 3.13. The van der Waals surface area contributed by atoms with Gasteiger partial charge in [0.05, 0.1) is 13.7 Å². The molecule has 0 spiro atoms. The van der Waals surface area contributed by atoms with Crippen LogP contribution in [0.2, 0.25) is 0 Å².